The molecule has 0 atom stereocenters. The number of amides is 1. The van der Waals surface area contributed by atoms with Crippen molar-refractivity contribution in [1.29, 1.82) is 0 Å². The Labute approximate surface area is 124 Å². The SMILES string of the molecule is Cc1ccc(NC(=O)c2ccc(Br)cc2S)cc1F. The van der Waals surface area contributed by atoms with Crippen molar-refractivity contribution in [2.75, 3.05) is 5.32 Å². The molecule has 0 heterocycles. The fourth-order valence-electron chi connectivity index (χ4n) is 1.57. The molecule has 0 aliphatic heterocycles. The van der Waals surface area contributed by atoms with Gasteiger partial charge in [0, 0.05) is 15.1 Å². The van der Waals surface area contributed by atoms with Crippen LogP contribution in [0, 0.1) is 12.7 Å². The molecule has 2 rings (SSSR count). The molecule has 0 saturated carbocycles. The number of thiol groups is 1. The molecular weight excluding hydrogens is 329 g/mol. The summed E-state index contributed by atoms with van der Waals surface area (Å²) in [7, 11) is 0. The average molecular weight is 340 g/mol. The van der Waals surface area contributed by atoms with Crippen LogP contribution in [0.3, 0.4) is 0 Å². The summed E-state index contributed by atoms with van der Waals surface area (Å²) in [5, 5.41) is 2.64. The predicted octanol–water partition coefficient (Wildman–Crippen LogP) is 4.44. The van der Waals surface area contributed by atoms with Gasteiger partial charge in [-0.05, 0) is 42.8 Å². The number of rotatable bonds is 2. The van der Waals surface area contributed by atoms with Crippen molar-refractivity contribution >= 4 is 40.2 Å². The summed E-state index contributed by atoms with van der Waals surface area (Å²) in [5.41, 5.74) is 1.40. The van der Waals surface area contributed by atoms with E-state index in [2.05, 4.69) is 33.9 Å². The molecule has 0 radical (unpaired) electrons. The maximum absolute atomic E-state index is 13.4. The number of halogens is 2. The molecule has 1 amide bonds. The van der Waals surface area contributed by atoms with Crippen molar-refractivity contribution in [1.82, 2.24) is 0 Å². The highest BCUT2D eigenvalue weighted by atomic mass is 79.9. The molecule has 0 bridgehead atoms. The van der Waals surface area contributed by atoms with E-state index in [9.17, 15) is 9.18 Å². The van der Waals surface area contributed by atoms with Crippen LogP contribution in [0.25, 0.3) is 0 Å². The lowest BCUT2D eigenvalue weighted by Gasteiger charge is -2.08. The molecule has 0 spiro atoms. The van der Waals surface area contributed by atoms with Crippen molar-refractivity contribution in [3.63, 3.8) is 0 Å². The van der Waals surface area contributed by atoms with E-state index in [0.29, 0.717) is 21.7 Å². The van der Waals surface area contributed by atoms with Gasteiger partial charge in [-0.25, -0.2) is 4.39 Å². The Morgan fingerprint density at radius 1 is 1.26 bits per heavy atom. The number of nitrogens with one attached hydrogen (secondary N) is 1. The summed E-state index contributed by atoms with van der Waals surface area (Å²) >= 11 is 7.54. The zero-order valence-electron chi connectivity index (χ0n) is 10.1. The van der Waals surface area contributed by atoms with Crippen LogP contribution in [0.5, 0.6) is 0 Å². The Balaban J connectivity index is 2.23. The first kappa shape index (κ1) is 14.1. The third kappa shape index (κ3) is 3.36. The maximum Gasteiger partial charge on any atom is 0.256 e. The van der Waals surface area contributed by atoms with Crippen LogP contribution in [0.1, 0.15) is 15.9 Å². The maximum atomic E-state index is 13.4. The molecule has 0 unspecified atom stereocenters. The van der Waals surface area contributed by atoms with Gasteiger partial charge in [0.05, 0.1) is 5.56 Å². The number of benzene rings is 2. The van der Waals surface area contributed by atoms with Gasteiger partial charge in [0.25, 0.3) is 5.91 Å². The minimum atomic E-state index is -0.347. The van der Waals surface area contributed by atoms with E-state index in [0.717, 1.165) is 4.47 Å². The lowest BCUT2D eigenvalue weighted by atomic mass is 10.2. The number of carbonyl (C=O) groups is 1. The van der Waals surface area contributed by atoms with Gasteiger partial charge < -0.3 is 5.32 Å². The quantitative estimate of drug-likeness (QED) is 0.778. The lowest BCUT2D eigenvalue weighted by molar-refractivity contribution is 0.102. The van der Waals surface area contributed by atoms with Crippen molar-refractivity contribution in [3.8, 4) is 0 Å². The van der Waals surface area contributed by atoms with Gasteiger partial charge in [-0.15, -0.1) is 12.6 Å². The van der Waals surface area contributed by atoms with Crippen molar-refractivity contribution in [2.45, 2.75) is 11.8 Å². The summed E-state index contributed by atoms with van der Waals surface area (Å²) in [5.74, 6) is -0.666. The van der Waals surface area contributed by atoms with Crippen LogP contribution in [-0.4, -0.2) is 5.91 Å². The van der Waals surface area contributed by atoms with E-state index >= 15 is 0 Å². The number of hydrogen-bond donors (Lipinski definition) is 2. The van der Waals surface area contributed by atoms with E-state index < -0.39 is 0 Å². The fraction of sp³-hybridized carbons (Fsp3) is 0.0714. The van der Waals surface area contributed by atoms with Crippen LogP contribution in [0.2, 0.25) is 0 Å². The molecule has 0 aliphatic carbocycles. The number of anilines is 1. The highest BCUT2D eigenvalue weighted by molar-refractivity contribution is 9.10. The Morgan fingerprint density at radius 2 is 2.00 bits per heavy atom. The molecule has 2 nitrogen and oxygen atoms in total. The van der Waals surface area contributed by atoms with Crippen LogP contribution in [0.4, 0.5) is 10.1 Å². The molecule has 0 saturated heterocycles. The summed E-state index contributed by atoms with van der Waals surface area (Å²) < 4.78 is 14.2. The van der Waals surface area contributed by atoms with Crippen molar-refractivity contribution in [2.24, 2.45) is 0 Å². The lowest BCUT2D eigenvalue weighted by Crippen LogP contribution is -2.12. The Hall–Kier alpha value is -1.33. The zero-order valence-corrected chi connectivity index (χ0v) is 12.6. The third-order valence-corrected chi connectivity index (χ3v) is 3.50. The van der Waals surface area contributed by atoms with Crippen LogP contribution < -0.4 is 5.32 Å². The Morgan fingerprint density at radius 3 is 2.63 bits per heavy atom. The van der Waals surface area contributed by atoms with Gasteiger partial charge >= 0.3 is 0 Å². The van der Waals surface area contributed by atoms with E-state index in [1.807, 2.05) is 0 Å². The topological polar surface area (TPSA) is 29.1 Å². The summed E-state index contributed by atoms with van der Waals surface area (Å²) in [6.07, 6.45) is 0. The van der Waals surface area contributed by atoms with Crippen LogP contribution >= 0.6 is 28.6 Å². The van der Waals surface area contributed by atoms with Gasteiger partial charge in [0.2, 0.25) is 0 Å². The van der Waals surface area contributed by atoms with E-state index in [1.165, 1.54) is 6.07 Å². The predicted molar refractivity (Wildman–Crippen MR) is 80.5 cm³/mol. The largest absolute Gasteiger partial charge is 0.322 e. The molecule has 0 fully saturated rings. The average Bonchev–Trinajstić information content (AvgIpc) is 2.33. The molecule has 0 aliphatic rings. The molecule has 19 heavy (non-hydrogen) atoms. The number of carbonyl (C=O) groups excluding carboxylic acids is 1. The van der Waals surface area contributed by atoms with Crippen LogP contribution in [-0.2, 0) is 0 Å². The minimum absolute atomic E-state index is 0.319. The Kier molecular flexibility index (Phi) is 4.27. The highest BCUT2D eigenvalue weighted by Crippen LogP contribution is 2.21. The van der Waals surface area contributed by atoms with Crippen molar-refractivity contribution < 1.29 is 9.18 Å². The zero-order chi connectivity index (χ0) is 14.0. The van der Waals surface area contributed by atoms with E-state index in [1.54, 1.807) is 37.3 Å². The molecule has 98 valence electrons. The van der Waals surface area contributed by atoms with Gasteiger partial charge in [-0.1, -0.05) is 22.0 Å². The first-order valence-electron chi connectivity index (χ1n) is 5.53. The number of aryl methyl sites for hydroxylation is 1. The van der Waals surface area contributed by atoms with E-state index in [-0.39, 0.29) is 11.7 Å². The van der Waals surface area contributed by atoms with Gasteiger partial charge in [0.1, 0.15) is 5.82 Å². The smallest absolute Gasteiger partial charge is 0.256 e. The number of hydrogen-bond acceptors (Lipinski definition) is 2. The van der Waals surface area contributed by atoms with Crippen LogP contribution in [0.15, 0.2) is 45.8 Å². The van der Waals surface area contributed by atoms with Crippen molar-refractivity contribution in [3.05, 3.63) is 57.8 Å². The summed E-state index contributed by atoms with van der Waals surface area (Å²) in [6.45, 7) is 1.67. The second-order valence-electron chi connectivity index (χ2n) is 4.08. The Bertz CT molecular complexity index is 645. The second-order valence-corrected chi connectivity index (χ2v) is 5.48. The summed E-state index contributed by atoms with van der Waals surface area (Å²) in [4.78, 5) is 12.6. The molecular formula is C14H11BrFNOS. The van der Waals surface area contributed by atoms with E-state index in [4.69, 9.17) is 0 Å². The molecule has 5 heteroatoms. The first-order chi connectivity index (χ1) is 8.97. The fourth-order valence-corrected chi connectivity index (χ4v) is 2.42. The van der Waals surface area contributed by atoms with Gasteiger partial charge in [-0.2, -0.15) is 0 Å². The summed E-state index contributed by atoms with van der Waals surface area (Å²) in [6, 6.07) is 9.72. The molecule has 2 aromatic rings. The monoisotopic (exact) mass is 339 g/mol. The normalized spacial score (nSPS) is 10.3. The molecule has 0 aromatic heterocycles. The molecule has 2 aromatic carbocycles. The van der Waals surface area contributed by atoms with Gasteiger partial charge in [0.15, 0.2) is 0 Å². The second kappa shape index (κ2) is 5.75. The minimum Gasteiger partial charge on any atom is -0.322 e. The van der Waals surface area contributed by atoms with Gasteiger partial charge in [-0.3, -0.25) is 4.79 Å². The first-order valence-corrected chi connectivity index (χ1v) is 6.77. The third-order valence-electron chi connectivity index (χ3n) is 2.63. The highest BCUT2D eigenvalue weighted by Gasteiger charge is 2.10. The molecule has 1 N–H and O–H groups in total. The standard InChI is InChI=1S/C14H11BrFNOS/c1-8-2-4-10(7-12(8)16)17-14(18)11-5-3-9(15)6-13(11)19/h2-7,19H,1H3,(H,17,18).